The smallest absolute Gasteiger partial charge is 0.355 e. The molecule has 0 spiro atoms. The van der Waals surface area contributed by atoms with E-state index in [2.05, 4.69) is 10.2 Å². The quantitative estimate of drug-likeness (QED) is 0.167. The first kappa shape index (κ1) is 29.9. The van der Waals surface area contributed by atoms with Gasteiger partial charge in [-0.25, -0.2) is 41.0 Å². The number of ether oxygens (including phenoxy) is 2. The van der Waals surface area contributed by atoms with Gasteiger partial charge in [0.25, 0.3) is 0 Å². The molecular formula is C29H22F6N6O4. The Bertz CT molecular complexity index is 1960. The van der Waals surface area contributed by atoms with Gasteiger partial charge in [-0.1, -0.05) is 6.07 Å². The number of halogens is 6. The summed E-state index contributed by atoms with van der Waals surface area (Å²) in [5.74, 6) is -5.92. The van der Waals surface area contributed by atoms with Crippen molar-refractivity contribution < 1.29 is 35.8 Å². The second kappa shape index (κ2) is 11.1. The highest BCUT2D eigenvalue weighted by Crippen LogP contribution is 2.48. The number of epoxide rings is 1. The topological polar surface area (TPSA) is 101 Å². The summed E-state index contributed by atoms with van der Waals surface area (Å²) in [6.07, 6.45) is -1.35. The van der Waals surface area contributed by atoms with Crippen molar-refractivity contribution >= 4 is 0 Å². The lowest BCUT2D eigenvalue weighted by Crippen LogP contribution is -2.34. The molecule has 0 radical (unpaired) electrons. The minimum absolute atomic E-state index is 0.0921. The number of rotatable bonds is 10. The van der Waals surface area contributed by atoms with Crippen molar-refractivity contribution in [2.24, 2.45) is 0 Å². The summed E-state index contributed by atoms with van der Waals surface area (Å²) in [6.45, 7) is 0.256. The Hall–Kier alpha value is -5.12. The van der Waals surface area contributed by atoms with Crippen molar-refractivity contribution in [1.29, 1.82) is 0 Å². The SMILES string of the molecule is C[C@@H](n1ncn(-c2ccc(-n3ncn(-c4ccc(OCC(F)(F)C(F)F)cc4)c3=O)cc2)c1=O)[C@@]1(c2ccc(F)cc2F)CO1. The summed E-state index contributed by atoms with van der Waals surface area (Å²) in [4.78, 5) is 26.3. The molecule has 2 atom stereocenters. The van der Waals surface area contributed by atoms with Crippen LogP contribution >= 0.6 is 0 Å². The summed E-state index contributed by atoms with van der Waals surface area (Å²) >= 11 is 0. The van der Waals surface area contributed by atoms with Gasteiger partial charge in [-0.3, -0.25) is 0 Å². The van der Waals surface area contributed by atoms with Gasteiger partial charge in [0.1, 0.15) is 35.6 Å². The Kier molecular flexibility index (Phi) is 7.39. The lowest BCUT2D eigenvalue weighted by molar-refractivity contribution is -0.148. The first-order valence-corrected chi connectivity index (χ1v) is 13.3. The third kappa shape index (κ3) is 5.41. The molecule has 0 bridgehead atoms. The number of aromatic nitrogens is 6. The summed E-state index contributed by atoms with van der Waals surface area (Å²) in [5, 5.41) is 8.28. The van der Waals surface area contributed by atoms with Crippen LogP contribution in [0.4, 0.5) is 26.3 Å². The molecule has 1 fully saturated rings. The van der Waals surface area contributed by atoms with Crippen LogP contribution in [0.1, 0.15) is 18.5 Å². The molecule has 0 unspecified atom stereocenters. The van der Waals surface area contributed by atoms with Gasteiger partial charge in [-0.2, -0.15) is 23.7 Å². The number of nitrogens with zero attached hydrogens (tertiary/aromatic N) is 6. The van der Waals surface area contributed by atoms with Gasteiger partial charge in [-0.05, 0) is 61.5 Å². The van der Waals surface area contributed by atoms with Gasteiger partial charge in [0.05, 0.1) is 29.7 Å². The van der Waals surface area contributed by atoms with Crippen LogP contribution in [-0.4, -0.2) is 54.3 Å². The molecule has 0 aliphatic carbocycles. The normalized spacial score (nSPS) is 17.1. The second-order valence-corrected chi connectivity index (χ2v) is 10.3. The fraction of sp³-hybridized carbons (Fsp3) is 0.241. The Labute approximate surface area is 249 Å². The third-order valence-electron chi connectivity index (χ3n) is 7.49. The summed E-state index contributed by atoms with van der Waals surface area (Å²) in [7, 11) is 0. The van der Waals surface area contributed by atoms with Gasteiger partial charge in [0, 0.05) is 11.6 Å². The molecule has 2 aromatic heterocycles. The lowest BCUT2D eigenvalue weighted by atomic mass is 9.92. The van der Waals surface area contributed by atoms with Crippen LogP contribution in [0, 0.1) is 11.6 Å². The lowest BCUT2D eigenvalue weighted by Gasteiger charge is -2.20. The van der Waals surface area contributed by atoms with Crippen LogP contribution < -0.4 is 16.1 Å². The van der Waals surface area contributed by atoms with E-state index in [0.29, 0.717) is 17.1 Å². The number of alkyl halides is 4. The molecular weight excluding hydrogens is 610 g/mol. The fourth-order valence-electron chi connectivity index (χ4n) is 4.85. The van der Waals surface area contributed by atoms with Crippen molar-refractivity contribution in [3.05, 3.63) is 118 Å². The van der Waals surface area contributed by atoms with Gasteiger partial charge in [0.15, 0.2) is 6.61 Å². The van der Waals surface area contributed by atoms with E-state index in [1.807, 2.05) is 0 Å². The highest BCUT2D eigenvalue weighted by Gasteiger charge is 2.54. The van der Waals surface area contributed by atoms with Gasteiger partial charge < -0.3 is 9.47 Å². The van der Waals surface area contributed by atoms with Crippen LogP contribution in [0.25, 0.3) is 17.1 Å². The van der Waals surface area contributed by atoms with E-state index in [-0.39, 0.29) is 17.9 Å². The number of hydrogen-bond acceptors (Lipinski definition) is 6. The molecule has 0 N–H and O–H groups in total. The van der Waals surface area contributed by atoms with E-state index < -0.39 is 53.6 Å². The Morgan fingerprint density at radius 3 is 2.07 bits per heavy atom. The molecule has 5 aromatic rings. The van der Waals surface area contributed by atoms with Gasteiger partial charge >= 0.3 is 23.7 Å². The monoisotopic (exact) mass is 632 g/mol. The molecule has 6 rings (SSSR count). The first-order valence-electron chi connectivity index (χ1n) is 13.3. The van der Waals surface area contributed by atoms with E-state index in [4.69, 9.17) is 9.47 Å². The van der Waals surface area contributed by atoms with Crippen LogP contribution in [0.3, 0.4) is 0 Å². The summed E-state index contributed by atoms with van der Waals surface area (Å²) < 4.78 is 93.8. The van der Waals surface area contributed by atoms with Crippen molar-refractivity contribution in [1.82, 2.24) is 28.7 Å². The zero-order valence-corrected chi connectivity index (χ0v) is 23.2. The Morgan fingerprint density at radius 2 is 1.47 bits per heavy atom. The van der Waals surface area contributed by atoms with E-state index >= 15 is 0 Å². The summed E-state index contributed by atoms with van der Waals surface area (Å²) in [5.41, 5.74) is -1.13. The van der Waals surface area contributed by atoms with Gasteiger partial charge in [-0.15, -0.1) is 0 Å². The molecule has 45 heavy (non-hydrogen) atoms. The van der Waals surface area contributed by atoms with Gasteiger partial charge in [0.2, 0.25) is 0 Å². The number of benzene rings is 3. The predicted octanol–water partition coefficient (Wildman–Crippen LogP) is 4.41. The average Bonchev–Trinajstić information content (AvgIpc) is 3.60. The maximum absolute atomic E-state index is 14.5. The highest BCUT2D eigenvalue weighted by molar-refractivity contribution is 5.42. The minimum Gasteiger partial charge on any atom is -0.487 e. The molecule has 1 aliphatic rings. The predicted molar refractivity (Wildman–Crippen MR) is 146 cm³/mol. The largest absolute Gasteiger partial charge is 0.487 e. The van der Waals surface area contributed by atoms with E-state index in [1.165, 1.54) is 52.1 Å². The van der Waals surface area contributed by atoms with Crippen molar-refractivity contribution in [3.63, 3.8) is 0 Å². The number of hydrogen-bond donors (Lipinski definition) is 0. The molecule has 1 saturated heterocycles. The zero-order valence-electron chi connectivity index (χ0n) is 23.2. The second-order valence-electron chi connectivity index (χ2n) is 10.3. The van der Waals surface area contributed by atoms with Crippen LogP contribution in [-0.2, 0) is 10.3 Å². The molecule has 3 heterocycles. The molecule has 0 amide bonds. The van der Waals surface area contributed by atoms with Crippen LogP contribution in [0.2, 0.25) is 0 Å². The van der Waals surface area contributed by atoms with Crippen molar-refractivity contribution in [2.75, 3.05) is 13.2 Å². The zero-order chi connectivity index (χ0) is 32.1. The average molecular weight is 633 g/mol. The molecule has 3 aromatic carbocycles. The minimum atomic E-state index is -4.31. The van der Waals surface area contributed by atoms with Crippen LogP contribution in [0.5, 0.6) is 5.75 Å². The van der Waals surface area contributed by atoms with Crippen molar-refractivity contribution in [2.45, 2.75) is 30.9 Å². The van der Waals surface area contributed by atoms with E-state index in [0.717, 1.165) is 21.5 Å². The molecule has 234 valence electrons. The standard InChI is InChI=1S/C29H22F6N6O4/c1-17(28(13-45-28)23-11-2-18(30)12-24(23)31)40-26(42)38(15-36-40)19-3-5-21(6-4-19)41-27(43)39(16-37-41)20-7-9-22(10-8-20)44-14-29(34,35)25(32)33/h2-12,15-17,25H,13-14H2,1H3/t17-,28-/m1/s1. The molecule has 1 aliphatic heterocycles. The third-order valence-corrected chi connectivity index (χ3v) is 7.49. The van der Waals surface area contributed by atoms with Crippen LogP contribution in [0.15, 0.2) is 89.0 Å². The molecule has 0 saturated carbocycles. The van der Waals surface area contributed by atoms with E-state index in [9.17, 15) is 35.9 Å². The van der Waals surface area contributed by atoms with E-state index in [1.54, 1.807) is 31.2 Å². The summed E-state index contributed by atoms with van der Waals surface area (Å²) in [6, 6.07) is 13.9. The highest BCUT2D eigenvalue weighted by atomic mass is 19.3. The Morgan fingerprint density at radius 1 is 0.889 bits per heavy atom. The maximum Gasteiger partial charge on any atom is 0.355 e. The molecule has 10 nitrogen and oxygen atoms in total. The molecule has 16 heteroatoms. The first-order chi connectivity index (χ1) is 21.4. The van der Waals surface area contributed by atoms with Crippen molar-refractivity contribution in [3.8, 4) is 22.8 Å². The fourth-order valence-corrected chi connectivity index (χ4v) is 4.85. The Balaban J connectivity index is 1.19. The maximum atomic E-state index is 14.5.